The number of carbonyl (C=O) groups is 2. The van der Waals surface area contributed by atoms with E-state index in [1.807, 2.05) is 36.4 Å². The zero-order valence-corrected chi connectivity index (χ0v) is 16.9. The summed E-state index contributed by atoms with van der Waals surface area (Å²) in [6, 6.07) is 9.25. The van der Waals surface area contributed by atoms with Crippen LogP contribution in [0.2, 0.25) is 0 Å². The first kappa shape index (κ1) is 20.5. The normalized spacial score (nSPS) is 26.3. The minimum absolute atomic E-state index is 0.00649. The summed E-state index contributed by atoms with van der Waals surface area (Å²) in [5.41, 5.74) is 2.13. The minimum atomic E-state index is -0.370. The highest BCUT2D eigenvalue weighted by molar-refractivity contribution is 6.04. The van der Waals surface area contributed by atoms with E-state index in [9.17, 15) is 14.7 Å². The summed E-state index contributed by atoms with van der Waals surface area (Å²) in [7, 11) is 3.59. The third-order valence-electron chi connectivity index (χ3n) is 6.12. The van der Waals surface area contributed by atoms with E-state index < -0.39 is 0 Å². The fraction of sp³-hybridized carbons (Fsp3) is 0.500. The molecule has 1 aromatic carbocycles. The monoisotopic (exact) mass is 381 g/mol. The van der Waals surface area contributed by atoms with Crippen LogP contribution in [0.1, 0.15) is 48.9 Å². The van der Waals surface area contributed by atoms with Gasteiger partial charge in [-0.2, -0.15) is 0 Å². The number of hydrogen-bond donors (Lipinski definition) is 1. The summed E-state index contributed by atoms with van der Waals surface area (Å²) in [4.78, 5) is 25.6. The maximum atomic E-state index is 12.3. The van der Waals surface area contributed by atoms with Crippen molar-refractivity contribution < 1.29 is 14.7 Å². The number of fused-ring (bicyclic) bond motifs is 1. The molecule has 2 aliphatic rings. The first-order valence-electron chi connectivity index (χ1n) is 10.3. The first-order valence-corrected chi connectivity index (χ1v) is 10.3. The van der Waals surface area contributed by atoms with Crippen LogP contribution >= 0.6 is 0 Å². The maximum absolute atomic E-state index is 12.3. The Morgan fingerprint density at radius 1 is 1.18 bits per heavy atom. The van der Waals surface area contributed by atoms with Gasteiger partial charge in [0.25, 0.3) is 0 Å². The second-order valence-corrected chi connectivity index (χ2v) is 8.32. The third kappa shape index (κ3) is 4.99. The van der Waals surface area contributed by atoms with Gasteiger partial charge in [-0.3, -0.25) is 9.59 Å². The molecule has 1 amide bonds. The lowest BCUT2D eigenvalue weighted by Crippen LogP contribution is -2.21. The molecule has 0 spiro atoms. The van der Waals surface area contributed by atoms with E-state index in [-0.39, 0.29) is 23.7 Å². The number of aliphatic hydroxyl groups excluding tert-OH is 1. The molecule has 1 N–H and O–H groups in total. The molecule has 1 saturated carbocycles. The van der Waals surface area contributed by atoms with Crippen LogP contribution in [0.5, 0.6) is 0 Å². The Morgan fingerprint density at radius 3 is 2.64 bits per heavy atom. The van der Waals surface area contributed by atoms with Crippen LogP contribution in [-0.2, 0) is 4.79 Å². The fourth-order valence-corrected chi connectivity index (χ4v) is 4.54. The van der Waals surface area contributed by atoms with Crippen molar-refractivity contribution >= 4 is 11.7 Å². The highest BCUT2D eigenvalue weighted by atomic mass is 16.3. The van der Waals surface area contributed by atoms with Crippen molar-refractivity contribution in [2.45, 2.75) is 44.6 Å². The largest absolute Gasteiger partial charge is 0.392 e. The van der Waals surface area contributed by atoms with Crippen LogP contribution in [0.25, 0.3) is 0 Å². The van der Waals surface area contributed by atoms with Gasteiger partial charge in [0.2, 0.25) is 5.91 Å². The molecule has 4 nitrogen and oxygen atoms in total. The molecule has 1 aromatic rings. The third-order valence-corrected chi connectivity index (χ3v) is 6.12. The van der Waals surface area contributed by atoms with Crippen molar-refractivity contribution in [2.75, 3.05) is 14.1 Å². The van der Waals surface area contributed by atoms with Crippen LogP contribution in [0, 0.1) is 17.8 Å². The zero-order valence-electron chi connectivity index (χ0n) is 16.9. The number of rotatable bonds is 8. The van der Waals surface area contributed by atoms with E-state index in [0.29, 0.717) is 23.8 Å². The van der Waals surface area contributed by atoms with Gasteiger partial charge in [-0.1, -0.05) is 48.1 Å². The second kappa shape index (κ2) is 9.33. The van der Waals surface area contributed by atoms with E-state index in [1.54, 1.807) is 25.1 Å². The van der Waals surface area contributed by atoms with Gasteiger partial charge in [0, 0.05) is 32.0 Å². The van der Waals surface area contributed by atoms with Gasteiger partial charge in [-0.05, 0) is 50.0 Å². The predicted octanol–water partition coefficient (Wildman–Crippen LogP) is 4.02. The number of carbonyl (C=O) groups excluding carboxylic acids is 2. The lowest BCUT2D eigenvalue weighted by atomic mass is 9.88. The smallest absolute Gasteiger partial charge is 0.222 e. The Labute approximate surface area is 167 Å². The van der Waals surface area contributed by atoms with E-state index in [4.69, 9.17) is 0 Å². The summed E-state index contributed by atoms with van der Waals surface area (Å²) in [5.74, 6) is 1.03. The highest BCUT2D eigenvalue weighted by Crippen LogP contribution is 2.48. The van der Waals surface area contributed by atoms with Gasteiger partial charge in [0.15, 0.2) is 5.78 Å². The van der Waals surface area contributed by atoms with Crippen molar-refractivity contribution in [2.24, 2.45) is 17.8 Å². The number of unbranched alkanes of at least 4 members (excludes halogenated alkanes) is 1. The van der Waals surface area contributed by atoms with Crippen molar-refractivity contribution in [1.82, 2.24) is 4.90 Å². The first-order chi connectivity index (χ1) is 13.5. The molecule has 28 heavy (non-hydrogen) atoms. The summed E-state index contributed by atoms with van der Waals surface area (Å²) >= 11 is 0. The van der Waals surface area contributed by atoms with Crippen LogP contribution in [0.15, 0.2) is 54.1 Å². The molecule has 0 heterocycles. The van der Waals surface area contributed by atoms with Gasteiger partial charge in [-0.25, -0.2) is 0 Å². The number of ketones is 1. The van der Waals surface area contributed by atoms with Gasteiger partial charge in [-0.15, -0.1) is 0 Å². The Hall–Kier alpha value is -2.20. The molecule has 0 aliphatic heterocycles. The van der Waals surface area contributed by atoms with Crippen molar-refractivity contribution in [3.8, 4) is 0 Å². The standard InChI is InChI=1S/C24H31NO3/c1-25(2)24(28)11-7-6-8-17-14-19-16-23(27)20(21(19)15-17)12-13-22(26)18-9-4-3-5-10-18/h3-5,9-10,12-14,19-21,23,27H,6-8,11,15-16H2,1-2H3/b13-12+/t19-,20+,21-,23+/m0/s1. The molecule has 0 unspecified atom stereocenters. The van der Waals surface area contributed by atoms with Crippen LogP contribution in [0.4, 0.5) is 0 Å². The lowest BCUT2D eigenvalue weighted by molar-refractivity contribution is -0.128. The Bertz CT molecular complexity index is 750. The van der Waals surface area contributed by atoms with Crippen molar-refractivity contribution in [3.05, 3.63) is 59.7 Å². The van der Waals surface area contributed by atoms with E-state index in [0.717, 1.165) is 32.1 Å². The number of hydrogen-bond acceptors (Lipinski definition) is 3. The number of nitrogens with zero attached hydrogens (tertiary/aromatic N) is 1. The van der Waals surface area contributed by atoms with Gasteiger partial charge in [0.1, 0.15) is 0 Å². The molecule has 0 aromatic heterocycles. The molecular weight excluding hydrogens is 350 g/mol. The molecule has 4 atom stereocenters. The lowest BCUT2D eigenvalue weighted by Gasteiger charge is -2.18. The van der Waals surface area contributed by atoms with Crippen molar-refractivity contribution in [1.29, 1.82) is 0 Å². The number of aliphatic hydroxyl groups is 1. The maximum Gasteiger partial charge on any atom is 0.222 e. The molecule has 4 heteroatoms. The van der Waals surface area contributed by atoms with Gasteiger partial charge >= 0.3 is 0 Å². The number of benzene rings is 1. The summed E-state index contributed by atoms with van der Waals surface area (Å²) in [5, 5.41) is 10.5. The average Bonchev–Trinajstić information content (AvgIpc) is 3.20. The number of allylic oxidation sites excluding steroid dienone is 3. The molecule has 0 saturated heterocycles. The van der Waals surface area contributed by atoms with Crippen LogP contribution in [0.3, 0.4) is 0 Å². The fourth-order valence-electron chi connectivity index (χ4n) is 4.54. The quantitative estimate of drug-likeness (QED) is 0.320. The molecule has 1 fully saturated rings. The molecule has 3 rings (SSSR count). The summed E-state index contributed by atoms with van der Waals surface area (Å²) in [6.45, 7) is 0. The van der Waals surface area contributed by atoms with Gasteiger partial charge in [0.05, 0.1) is 6.10 Å². The Morgan fingerprint density at radius 2 is 1.93 bits per heavy atom. The van der Waals surface area contributed by atoms with Crippen LogP contribution in [-0.4, -0.2) is 41.9 Å². The highest BCUT2D eigenvalue weighted by Gasteiger charge is 2.43. The van der Waals surface area contributed by atoms with E-state index in [1.165, 1.54) is 5.57 Å². The molecule has 2 aliphatic carbocycles. The molecular formula is C24H31NO3. The Balaban J connectivity index is 1.50. The average molecular weight is 382 g/mol. The molecule has 150 valence electrons. The van der Waals surface area contributed by atoms with E-state index >= 15 is 0 Å². The number of amides is 1. The molecule has 0 radical (unpaired) electrons. The second-order valence-electron chi connectivity index (χ2n) is 8.32. The molecule has 0 bridgehead atoms. The zero-order chi connectivity index (χ0) is 20.1. The summed E-state index contributed by atoms with van der Waals surface area (Å²) in [6.07, 6.45) is 10.9. The van der Waals surface area contributed by atoms with E-state index in [2.05, 4.69) is 6.08 Å². The Kier molecular flexibility index (Phi) is 6.84. The predicted molar refractivity (Wildman–Crippen MR) is 111 cm³/mol. The SMILES string of the molecule is CN(C)C(=O)CCCCC1=C[C@H]2C[C@@H](O)[C@H](/C=C/C(=O)c3ccccc3)[C@H]2C1. The minimum Gasteiger partial charge on any atom is -0.392 e. The van der Waals surface area contributed by atoms with Crippen LogP contribution < -0.4 is 0 Å². The summed E-state index contributed by atoms with van der Waals surface area (Å²) < 4.78 is 0. The topological polar surface area (TPSA) is 57.6 Å². The van der Waals surface area contributed by atoms with Crippen molar-refractivity contribution in [3.63, 3.8) is 0 Å². The van der Waals surface area contributed by atoms with Gasteiger partial charge < -0.3 is 10.0 Å².